The second-order valence-electron chi connectivity index (χ2n) is 4.36. The minimum Gasteiger partial charge on any atom is -0.444 e. The van der Waals surface area contributed by atoms with Gasteiger partial charge in [-0.2, -0.15) is 0 Å². The van der Waals surface area contributed by atoms with Gasteiger partial charge in [0.2, 0.25) is 0 Å². The van der Waals surface area contributed by atoms with Gasteiger partial charge < -0.3 is 9.67 Å². The van der Waals surface area contributed by atoms with Crippen molar-refractivity contribution >= 4 is 0 Å². The Morgan fingerprint density at radius 3 is 2.76 bits per heavy atom. The molecule has 2 rings (SSSR count). The van der Waals surface area contributed by atoms with Crippen molar-refractivity contribution in [3.05, 3.63) is 54.1 Å². The van der Waals surface area contributed by atoms with Crippen LogP contribution in [0.5, 0.6) is 0 Å². The van der Waals surface area contributed by atoms with Crippen molar-refractivity contribution in [1.82, 2.24) is 9.55 Å². The molecule has 0 bridgehead atoms. The van der Waals surface area contributed by atoms with Crippen LogP contribution in [-0.4, -0.2) is 14.7 Å². The molecule has 3 nitrogen and oxygen atoms in total. The Morgan fingerprint density at radius 1 is 1.41 bits per heavy atom. The first kappa shape index (κ1) is 15.1. The molecule has 0 aliphatic heterocycles. The summed E-state index contributed by atoms with van der Waals surface area (Å²) in [6.07, 6.45) is 3.82. The molecule has 17 heavy (non-hydrogen) atoms. The number of aromatic nitrogens is 2. The number of hydrogen-bond donors (Lipinski definition) is 1. The van der Waals surface area contributed by atoms with E-state index in [0.29, 0.717) is 12.2 Å². The maximum Gasteiger partial charge on any atom is 1.00 e. The van der Waals surface area contributed by atoms with Crippen LogP contribution in [0.2, 0.25) is 0 Å². The molecule has 4 heteroatoms. The SMILES string of the molecule is CC(C)(O)c1cccc(Cn2c[c-]cc2)n1.[K+]. The van der Waals surface area contributed by atoms with Gasteiger partial charge >= 0.3 is 51.4 Å². The first-order valence-electron chi connectivity index (χ1n) is 5.26. The Labute approximate surface area is 144 Å². The Balaban J connectivity index is 0.00000144. The largest absolute Gasteiger partial charge is 1.00 e. The van der Waals surface area contributed by atoms with E-state index in [-0.39, 0.29) is 51.4 Å². The molecule has 0 radical (unpaired) electrons. The molecule has 0 spiro atoms. The Hall–Kier alpha value is 0.0264. The van der Waals surface area contributed by atoms with Crippen molar-refractivity contribution < 1.29 is 56.5 Å². The molecule has 2 heterocycles. The fourth-order valence-corrected chi connectivity index (χ4v) is 1.51. The molecule has 0 aromatic carbocycles. The number of aliphatic hydroxyl groups is 1. The van der Waals surface area contributed by atoms with Crippen LogP contribution in [0.25, 0.3) is 0 Å². The Bertz CT molecular complexity index is 461. The van der Waals surface area contributed by atoms with Gasteiger partial charge in [-0.15, -0.1) is 12.4 Å². The summed E-state index contributed by atoms with van der Waals surface area (Å²) in [7, 11) is 0. The van der Waals surface area contributed by atoms with Crippen LogP contribution in [0.3, 0.4) is 0 Å². The van der Waals surface area contributed by atoms with Gasteiger partial charge in [-0.05, 0) is 26.0 Å². The maximum absolute atomic E-state index is 9.86. The molecule has 0 saturated heterocycles. The monoisotopic (exact) mass is 254 g/mol. The van der Waals surface area contributed by atoms with E-state index in [0.717, 1.165) is 5.69 Å². The van der Waals surface area contributed by atoms with Gasteiger partial charge in [-0.1, -0.05) is 6.07 Å². The molecular formula is C13H15KN2O. The summed E-state index contributed by atoms with van der Waals surface area (Å²) < 4.78 is 2.00. The van der Waals surface area contributed by atoms with Gasteiger partial charge in [0.25, 0.3) is 0 Å². The van der Waals surface area contributed by atoms with E-state index in [4.69, 9.17) is 0 Å². The number of rotatable bonds is 3. The predicted molar refractivity (Wildman–Crippen MR) is 61.9 cm³/mol. The fraction of sp³-hybridized carbons (Fsp3) is 0.308. The van der Waals surface area contributed by atoms with Crippen LogP contribution in [0.15, 0.2) is 36.7 Å². The molecule has 1 N–H and O–H groups in total. The summed E-state index contributed by atoms with van der Waals surface area (Å²) in [6.45, 7) is 4.18. The van der Waals surface area contributed by atoms with Crippen LogP contribution in [-0.2, 0) is 12.1 Å². The van der Waals surface area contributed by atoms with Crippen molar-refractivity contribution in [3.63, 3.8) is 0 Å². The standard InChI is InChI=1S/C13H15N2O.K/c1-13(2,16)12-7-5-6-11(14-12)10-15-8-3-4-9-15;/h3,5-9,16H,10H2,1-2H3;/q-1;+1. The average molecular weight is 254 g/mol. The van der Waals surface area contributed by atoms with Gasteiger partial charge in [0.05, 0.1) is 11.4 Å². The van der Waals surface area contributed by atoms with Crippen LogP contribution >= 0.6 is 0 Å². The Kier molecular flexibility index (Phi) is 5.56. The van der Waals surface area contributed by atoms with Gasteiger partial charge in [-0.25, -0.2) is 12.1 Å². The minimum atomic E-state index is -0.890. The van der Waals surface area contributed by atoms with Gasteiger partial charge in [0.15, 0.2) is 0 Å². The average Bonchev–Trinajstić information content (AvgIpc) is 2.70. The molecule has 0 amide bonds. The third kappa shape index (κ3) is 4.32. The van der Waals surface area contributed by atoms with Crippen LogP contribution in [0, 0.1) is 6.07 Å². The summed E-state index contributed by atoms with van der Waals surface area (Å²) in [5.74, 6) is 0. The van der Waals surface area contributed by atoms with E-state index in [1.54, 1.807) is 13.8 Å². The van der Waals surface area contributed by atoms with Crippen molar-refractivity contribution in [3.8, 4) is 0 Å². The third-order valence-corrected chi connectivity index (χ3v) is 2.38. The zero-order chi connectivity index (χ0) is 11.6. The normalized spacial score (nSPS) is 11.0. The van der Waals surface area contributed by atoms with E-state index >= 15 is 0 Å². The summed E-state index contributed by atoms with van der Waals surface area (Å²) >= 11 is 0. The van der Waals surface area contributed by atoms with E-state index < -0.39 is 5.60 Å². The number of nitrogens with zero attached hydrogens (tertiary/aromatic N) is 2. The minimum absolute atomic E-state index is 0. The molecule has 0 fully saturated rings. The molecule has 2 aromatic heterocycles. The van der Waals surface area contributed by atoms with Crippen molar-refractivity contribution in [2.24, 2.45) is 0 Å². The van der Waals surface area contributed by atoms with E-state index in [1.807, 2.05) is 41.2 Å². The van der Waals surface area contributed by atoms with Crippen molar-refractivity contribution in [2.45, 2.75) is 26.0 Å². The quantitative estimate of drug-likeness (QED) is 0.561. The molecule has 0 aliphatic rings. The molecule has 84 valence electrons. The first-order valence-corrected chi connectivity index (χ1v) is 5.26. The molecule has 2 aromatic rings. The first-order chi connectivity index (χ1) is 7.55. The van der Waals surface area contributed by atoms with Crippen LogP contribution < -0.4 is 51.4 Å². The Morgan fingerprint density at radius 2 is 2.18 bits per heavy atom. The summed E-state index contributed by atoms with van der Waals surface area (Å²) in [4.78, 5) is 4.43. The zero-order valence-electron chi connectivity index (χ0n) is 10.5. The van der Waals surface area contributed by atoms with E-state index in [9.17, 15) is 5.11 Å². The fourth-order valence-electron chi connectivity index (χ4n) is 1.51. The second kappa shape index (κ2) is 6.27. The summed E-state index contributed by atoms with van der Waals surface area (Å²) in [5, 5.41) is 9.86. The third-order valence-electron chi connectivity index (χ3n) is 2.38. The van der Waals surface area contributed by atoms with Crippen molar-refractivity contribution in [2.75, 3.05) is 0 Å². The number of pyridine rings is 1. The summed E-state index contributed by atoms with van der Waals surface area (Å²) in [6, 6.07) is 10.6. The molecule has 0 saturated carbocycles. The topological polar surface area (TPSA) is 38.0 Å². The summed E-state index contributed by atoms with van der Waals surface area (Å²) in [5.41, 5.74) is 0.740. The van der Waals surface area contributed by atoms with Crippen molar-refractivity contribution in [1.29, 1.82) is 0 Å². The van der Waals surface area contributed by atoms with Gasteiger partial charge in [0.1, 0.15) is 5.60 Å². The predicted octanol–water partition coefficient (Wildman–Crippen LogP) is -1.04. The van der Waals surface area contributed by atoms with E-state index in [2.05, 4.69) is 11.1 Å². The van der Waals surface area contributed by atoms with Crippen LogP contribution in [0.1, 0.15) is 25.2 Å². The van der Waals surface area contributed by atoms with Gasteiger partial charge in [0, 0.05) is 6.54 Å². The molecular weight excluding hydrogens is 239 g/mol. The second-order valence-corrected chi connectivity index (χ2v) is 4.36. The molecule has 0 unspecified atom stereocenters. The van der Waals surface area contributed by atoms with E-state index in [1.165, 1.54) is 0 Å². The van der Waals surface area contributed by atoms with Gasteiger partial charge in [-0.3, -0.25) is 4.98 Å². The maximum atomic E-state index is 9.86. The smallest absolute Gasteiger partial charge is 0.444 e. The number of hydrogen-bond acceptors (Lipinski definition) is 2. The van der Waals surface area contributed by atoms with Crippen LogP contribution in [0.4, 0.5) is 0 Å². The molecule has 0 atom stereocenters. The molecule has 0 aliphatic carbocycles. The zero-order valence-corrected chi connectivity index (χ0v) is 13.6.